The molecule has 66 valence electrons. The summed E-state index contributed by atoms with van der Waals surface area (Å²) in [5, 5.41) is 0.934. The number of halogens is 2. The topological polar surface area (TPSA) is 12.9 Å². The van der Waals surface area contributed by atoms with Crippen LogP contribution in [0.5, 0.6) is 0 Å². The Balaban J connectivity index is 2.63. The zero-order valence-electron chi connectivity index (χ0n) is 6.93. The summed E-state index contributed by atoms with van der Waals surface area (Å²) in [5.74, 6) is 0.267. The molecule has 0 saturated carbocycles. The van der Waals surface area contributed by atoms with Crippen molar-refractivity contribution in [2.45, 2.75) is 13.3 Å². The van der Waals surface area contributed by atoms with Gasteiger partial charge < -0.3 is 0 Å². The van der Waals surface area contributed by atoms with Crippen LogP contribution >= 0.6 is 15.9 Å². The minimum absolute atomic E-state index is 0.255. The summed E-state index contributed by atoms with van der Waals surface area (Å²) >= 11 is 3.38. The number of pyridine rings is 1. The summed E-state index contributed by atoms with van der Waals surface area (Å²) in [6, 6.07) is 1.53. The van der Waals surface area contributed by atoms with Gasteiger partial charge in [-0.2, -0.15) is 0 Å². The maximum Gasteiger partial charge on any atom is 0.141 e. The zero-order valence-corrected chi connectivity index (χ0v) is 8.51. The number of hydrogen-bond donors (Lipinski definition) is 0. The van der Waals surface area contributed by atoms with Gasteiger partial charge in [-0.3, -0.25) is 4.98 Å². The maximum absolute atomic E-state index is 12.6. The monoisotopic (exact) mass is 231 g/mol. The van der Waals surface area contributed by atoms with Crippen molar-refractivity contribution in [2.24, 2.45) is 5.92 Å². The fourth-order valence-electron chi connectivity index (χ4n) is 1.02. The van der Waals surface area contributed by atoms with Gasteiger partial charge in [0.15, 0.2) is 0 Å². The number of hydrogen-bond acceptors (Lipinski definition) is 1. The Morgan fingerprint density at radius 2 is 2.33 bits per heavy atom. The first kappa shape index (κ1) is 9.65. The van der Waals surface area contributed by atoms with E-state index < -0.39 is 0 Å². The predicted octanol–water partition coefficient (Wildman–Crippen LogP) is 2.79. The van der Waals surface area contributed by atoms with Crippen LogP contribution in [0, 0.1) is 11.7 Å². The van der Waals surface area contributed by atoms with Crippen LogP contribution in [0.25, 0.3) is 0 Å². The Morgan fingerprint density at radius 3 is 2.92 bits per heavy atom. The van der Waals surface area contributed by atoms with Crippen LogP contribution in [0.4, 0.5) is 4.39 Å². The van der Waals surface area contributed by atoms with E-state index in [1.165, 1.54) is 12.3 Å². The predicted molar refractivity (Wildman–Crippen MR) is 50.9 cm³/mol. The molecule has 0 aliphatic heterocycles. The van der Waals surface area contributed by atoms with E-state index in [9.17, 15) is 4.39 Å². The highest BCUT2D eigenvalue weighted by Crippen LogP contribution is 2.10. The molecule has 0 bridgehead atoms. The van der Waals surface area contributed by atoms with Gasteiger partial charge >= 0.3 is 0 Å². The van der Waals surface area contributed by atoms with Crippen molar-refractivity contribution in [3.05, 3.63) is 29.8 Å². The average molecular weight is 232 g/mol. The number of aromatic nitrogens is 1. The lowest BCUT2D eigenvalue weighted by atomic mass is 10.1. The second kappa shape index (κ2) is 4.55. The van der Waals surface area contributed by atoms with Crippen molar-refractivity contribution < 1.29 is 4.39 Å². The summed E-state index contributed by atoms with van der Waals surface area (Å²) in [7, 11) is 0. The third kappa shape index (κ3) is 2.89. The Morgan fingerprint density at radius 1 is 1.58 bits per heavy atom. The molecule has 1 unspecified atom stereocenters. The lowest BCUT2D eigenvalue weighted by molar-refractivity contribution is 0.608. The molecule has 12 heavy (non-hydrogen) atoms. The Labute approximate surface area is 80.1 Å². The number of alkyl halides is 1. The lowest BCUT2D eigenvalue weighted by Crippen LogP contribution is -2.01. The number of nitrogens with zero attached hydrogens (tertiary/aromatic N) is 1. The van der Waals surface area contributed by atoms with Crippen LogP contribution < -0.4 is 0 Å². The largest absolute Gasteiger partial charge is 0.261 e. The highest BCUT2D eigenvalue weighted by molar-refractivity contribution is 9.09. The van der Waals surface area contributed by atoms with E-state index in [4.69, 9.17) is 0 Å². The molecule has 1 rings (SSSR count). The highest BCUT2D eigenvalue weighted by Gasteiger charge is 2.02. The number of rotatable bonds is 3. The third-order valence-electron chi connectivity index (χ3n) is 1.61. The fourth-order valence-corrected chi connectivity index (χ4v) is 1.25. The van der Waals surface area contributed by atoms with E-state index in [2.05, 4.69) is 27.8 Å². The van der Waals surface area contributed by atoms with Gasteiger partial charge in [0.2, 0.25) is 0 Å². The minimum atomic E-state index is -0.255. The molecular weight excluding hydrogens is 221 g/mol. The lowest BCUT2D eigenvalue weighted by Gasteiger charge is -2.06. The zero-order chi connectivity index (χ0) is 8.97. The van der Waals surface area contributed by atoms with E-state index in [0.717, 1.165) is 17.3 Å². The Hall–Kier alpha value is -0.440. The van der Waals surface area contributed by atoms with Crippen LogP contribution in [0.2, 0.25) is 0 Å². The van der Waals surface area contributed by atoms with Crippen molar-refractivity contribution in [1.29, 1.82) is 0 Å². The second-order valence-electron chi connectivity index (χ2n) is 2.98. The van der Waals surface area contributed by atoms with E-state index in [0.29, 0.717) is 5.92 Å². The van der Waals surface area contributed by atoms with Gasteiger partial charge in [0.25, 0.3) is 0 Å². The Bertz CT molecular complexity index is 252. The SMILES string of the molecule is CC(CBr)Cc1cncc(F)c1. The first-order valence-corrected chi connectivity index (χ1v) is 5.00. The molecule has 0 radical (unpaired) electrons. The van der Waals surface area contributed by atoms with Crippen molar-refractivity contribution in [1.82, 2.24) is 4.98 Å². The molecule has 0 saturated heterocycles. The molecule has 1 atom stereocenters. The normalized spacial score (nSPS) is 12.9. The van der Waals surface area contributed by atoms with Gasteiger partial charge in [-0.15, -0.1) is 0 Å². The summed E-state index contributed by atoms with van der Waals surface area (Å²) in [5.41, 5.74) is 0.960. The molecule has 1 nitrogen and oxygen atoms in total. The van der Waals surface area contributed by atoms with E-state index in [1.807, 2.05) is 0 Å². The molecule has 0 amide bonds. The first-order valence-electron chi connectivity index (χ1n) is 3.87. The molecule has 0 aliphatic rings. The van der Waals surface area contributed by atoms with Crippen LogP contribution in [-0.2, 0) is 6.42 Å². The van der Waals surface area contributed by atoms with Gasteiger partial charge in [-0.1, -0.05) is 22.9 Å². The first-order chi connectivity index (χ1) is 5.72. The summed E-state index contributed by atoms with van der Waals surface area (Å²) in [6.07, 6.45) is 3.81. The molecule has 0 aliphatic carbocycles. The van der Waals surface area contributed by atoms with Crippen LogP contribution in [0.3, 0.4) is 0 Å². The second-order valence-corrected chi connectivity index (χ2v) is 3.62. The van der Waals surface area contributed by atoms with Gasteiger partial charge in [-0.05, 0) is 24.0 Å². The average Bonchev–Trinajstić information content (AvgIpc) is 2.04. The minimum Gasteiger partial charge on any atom is -0.261 e. The smallest absolute Gasteiger partial charge is 0.141 e. The highest BCUT2D eigenvalue weighted by atomic mass is 79.9. The van der Waals surface area contributed by atoms with E-state index >= 15 is 0 Å². The van der Waals surface area contributed by atoms with Gasteiger partial charge in [0.05, 0.1) is 6.20 Å². The van der Waals surface area contributed by atoms with Crippen molar-refractivity contribution in [2.75, 3.05) is 5.33 Å². The van der Waals surface area contributed by atoms with Gasteiger partial charge in [0.1, 0.15) is 5.82 Å². The standard InChI is InChI=1S/C9H11BrFN/c1-7(4-10)2-8-3-9(11)6-12-5-8/h3,5-7H,2,4H2,1H3. The van der Waals surface area contributed by atoms with Crippen molar-refractivity contribution >= 4 is 15.9 Å². The quantitative estimate of drug-likeness (QED) is 0.730. The molecule has 0 spiro atoms. The van der Waals surface area contributed by atoms with Gasteiger partial charge in [-0.25, -0.2) is 4.39 Å². The van der Waals surface area contributed by atoms with E-state index in [-0.39, 0.29) is 5.82 Å². The molecule has 0 N–H and O–H groups in total. The summed E-state index contributed by atoms with van der Waals surface area (Å²) in [4.78, 5) is 3.78. The Kier molecular flexibility index (Phi) is 3.66. The molecule has 1 aromatic heterocycles. The molecule has 1 aromatic rings. The fraction of sp³-hybridized carbons (Fsp3) is 0.444. The summed E-state index contributed by atoms with van der Waals surface area (Å²) < 4.78 is 12.6. The van der Waals surface area contributed by atoms with Crippen LogP contribution in [0.1, 0.15) is 12.5 Å². The molecule has 3 heteroatoms. The molecule has 0 fully saturated rings. The van der Waals surface area contributed by atoms with E-state index in [1.54, 1.807) is 6.20 Å². The molecule has 1 heterocycles. The molecule has 0 aromatic carbocycles. The van der Waals surface area contributed by atoms with Crippen molar-refractivity contribution in [3.63, 3.8) is 0 Å². The van der Waals surface area contributed by atoms with Crippen molar-refractivity contribution in [3.8, 4) is 0 Å². The van der Waals surface area contributed by atoms with Gasteiger partial charge in [0, 0.05) is 11.5 Å². The van der Waals surface area contributed by atoms with Crippen LogP contribution in [-0.4, -0.2) is 10.3 Å². The van der Waals surface area contributed by atoms with Crippen LogP contribution in [0.15, 0.2) is 18.5 Å². The summed E-state index contributed by atoms with van der Waals surface area (Å²) in [6.45, 7) is 2.11. The third-order valence-corrected chi connectivity index (χ3v) is 2.71. The molecular formula is C9H11BrFN. The maximum atomic E-state index is 12.6.